The fourth-order valence-electron chi connectivity index (χ4n) is 2.28. The number of rotatable bonds is 2. The Hall–Kier alpha value is -0.900. The van der Waals surface area contributed by atoms with Crippen molar-refractivity contribution in [3.63, 3.8) is 0 Å². The Morgan fingerprint density at radius 3 is 3.00 bits per heavy atom. The number of hydrogen-bond acceptors (Lipinski definition) is 3. The minimum absolute atomic E-state index is 0.261. The maximum absolute atomic E-state index is 4.25. The first kappa shape index (κ1) is 10.6. The summed E-state index contributed by atoms with van der Waals surface area (Å²) in [6, 6.07) is 0.478. The van der Waals surface area contributed by atoms with Crippen molar-refractivity contribution < 1.29 is 0 Å². The van der Waals surface area contributed by atoms with Gasteiger partial charge in [-0.25, -0.2) is 4.68 Å². The second-order valence-electron chi connectivity index (χ2n) is 5.01. The van der Waals surface area contributed by atoms with Crippen molar-refractivity contribution in [2.75, 3.05) is 13.1 Å². The Kier molecular flexibility index (Phi) is 2.78. The molecule has 84 valence electrons. The van der Waals surface area contributed by atoms with Crippen LogP contribution in [0.4, 0.5) is 0 Å². The Labute approximate surface area is 91.1 Å². The Bertz CT molecular complexity index is 329. The molecule has 2 heterocycles. The van der Waals surface area contributed by atoms with Gasteiger partial charge in [0.1, 0.15) is 0 Å². The third-order valence-corrected chi connectivity index (χ3v) is 3.32. The van der Waals surface area contributed by atoms with Gasteiger partial charge in [-0.05, 0) is 24.8 Å². The number of nitrogens with zero attached hydrogens (tertiary/aromatic N) is 3. The van der Waals surface area contributed by atoms with Gasteiger partial charge in [-0.1, -0.05) is 26.0 Å². The molecule has 0 aliphatic carbocycles. The summed E-state index contributed by atoms with van der Waals surface area (Å²) >= 11 is 0. The quantitative estimate of drug-likeness (QED) is 0.799. The summed E-state index contributed by atoms with van der Waals surface area (Å²) in [6.45, 7) is 8.82. The molecule has 1 saturated heterocycles. The molecule has 0 bridgehead atoms. The van der Waals surface area contributed by atoms with Crippen LogP contribution < -0.4 is 5.32 Å². The van der Waals surface area contributed by atoms with E-state index in [2.05, 4.69) is 47.3 Å². The predicted octanol–water partition coefficient (Wildman–Crippen LogP) is 1.40. The highest BCUT2D eigenvalue weighted by molar-refractivity contribution is 4.96. The van der Waals surface area contributed by atoms with Crippen molar-refractivity contribution in [3.8, 4) is 0 Å². The fraction of sp³-hybridized carbons (Fsp3) is 0.818. The number of nitrogens with one attached hydrogen (secondary N) is 1. The largest absolute Gasteiger partial charge is 0.316 e. The molecule has 1 aliphatic heterocycles. The van der Waals surface area contributed by atoms with Gasteiger partial charge >= 0.3 is 0 Å². The predicted molar refractivity (Wildman–Crippen MR) is 59.7 cm³/mol. The molecule has 4 nitrogen and oxygen atoms in total. The molecule has 1 aliphatic rings. The molecule has 0 saturated carbocycles. The highest BCUT2D eigenvalue weighted by Crippen LogP contribution is 2.34. The molecule has 0 amide bonds. The van der Waals surface area contributed by atoms with Crippen LogP contribution in [0.25, 0.3) is 0 Å². The summed E-state index contributed by atoms with van der Waals surface area (Å²) in [7, 11) is 0. The summed E-state index contributed by atoms with van der Waals surface area (Å²) < 4.78 is 2.06. The van der Waals surface area contributed by atoms with E-state index in [1.165, 1.54) is 0 Å². The minimum Gasteiger partial charge on any atom is -0.316 e. The van der Waals surface area contributed by atoms with Crippen molar-refractivity contribution in [3.05, 3.63) is 11.9 Å². The van der Waals surface area contributed by atoms with Crippen LogP contribution in [0.15, 0.2) is 6.20 Å². The maximum atomic E-state index is 4.25. The lowest BCUT2D eigenvalue weighted by atomic mass is 9.80. The van der Waals surface area contributed by atoms with Crippen molar-refractivity contribution in [1.82, 2.24) is 20.3 Å². The average molecular weight is 208 g/mol. The van der Waals surface area contributed by atoms with Gasteiger partial charge < -0.3 is 5.32 Å². The van der Waals surface area contributed by atoms with Crippen LogP contribution in [0.1, 0.15) is 38.9 Å². The van der Waals surface area contributed by atoms with Crippen molar-refractivity contribution >= 4 is 0 Å². The number of aryl methyl sites for hydroxylation is 1. The Balaban J connectivity index is 2.21. The normalized spacial score (nSPS) is 25.4. The van der Waals surface area contributed by atoms with E-state index in [1.807, 2.05) is 0 Å². The van der Waals surface area contributed by atoms with E-state index in [4.69, 9.17) is 0 Å². The van der Waals surface area contributed by atoms with E-state index in [0.717, 1.165) is 31.6 Å². The summed E-state index contributed by atoms with van der Waals surface area (Å²) in [5, 5.41) is 11.8. The van der Waals surface area contributed by atoms with Crippen LogP contribution >= 0.6 is 0 Å². The molecule has 1 aromatic rings. The van der Waals surface area contributed by atoms with Gasteiger partial charge in [-0.2, -0.15) is 0 Å². The molecule has 1 unspecified atom stereocenters. The third-order valence-electron chi connectivity index (χ3n) is 3.32. The second-order valence-corrected chi connectivity index (χ2v) is 5.01. The van der Waals surface area contributed by atoms with Crippen LogP contribution in [-0.2, 0) is 6.42 Å². The zero-order chi connectivity index (χ0) is 10.9. The summed E-state index contributed by atoms with van der Waals surface area (Å²) in [5.41, 5.74) is 1.35. The smallest absolute Gasteiger partial charge is 0.0824 e. The lowest BCUT2D eigenvalue weighted by Gasteiger charge is -2.38. The van der Waals surface area contributed by atoms with Gasteiger partial charge in [-0.15, -0.1) is 5.10 Å². The first-order valence-electron chi connectivity index (χ1n) is 5.75. The van der Waals surface area contributed by atoms with E-state index in [-0.39, 0.29) is 5.41 Å². The summed E-state index contributed by atoms with van der Waals surface area (Å²) in [4.78, 5) is 0. The monoisotopic (exact) mass is 208 g/mol. The lowest BCUT2D eigenvalue weighted by molar-refractivity contribution is 0.147. The van der Waals surface area contributed by atoms with E-state index >= 15 is 0 Å². The molecule has 1 aromatic heterocycles. The maximum Gasteiger partial charge on any atom is 0.0824 e. The van der Waals surface area contributed by atoms with Gasteiger partial charge in [0.25, 0.3) is 0 Å². The lowest BCUT2D eigenvalue weighted by Crippen LogP contribution is -2.44. The molecule has 0 spiro atoms. The number of piperidine rings is 1. The zero-order valence-electron chi connectivity index (χ0n) is 9.82. The first-order chi connectivity index (χ1) is 7.13. The SMILES string of the molecule is CCc1cn(C2CCNCC2(C)C)nn1. The molecule has 1 fully saturated rings. The van der Waals surface area contributed by atoms with Crippen molar-refractivity contribution in [2.24, 2.45) is 5.41 Å². The van der Waals surface area contributed by atoms with Gasteiger partial charge in [0.05, 0.1) is 11.7 Å². The summed E-state index contributed by atoms with van der Waals surface area (Å²) in [6.07, 6.45) is 4.20. The van der Waals surface area contributed by atoms with E-state index < -0.39 is 0 Å². The van der Waals surface area contributed by atoms with Crippen molar-refractivity contribution in [1.29, 1.82) is 0 Å². The standard InChI is InChI=1S/C11H20N4/c1-4-9-7-15(14-13-9)10-5-6-12-8-11(10,2)3/h7,10,12H,4-6,8H2,1-3H3. The van der Waals surface area contributed by atoms with E-state index in [0.29, 0.717) is 6.04 Å². The fourth-order valence-corrected chi connectivity index (χ4v) is 2.28. The highest BCUT2D eigenvalue weighted by atomic mass is 15.4. The topological polar surface area (TPSA) is 42.7 Å². The van der Waals surface area contributed by atoms with Gasteiger partial charge in [0.15, 0.2) is 0 Å². The Morgan fingerprint density at radius 2 is 2.40 bits per heavy atom. The molecule has 1 N–H and O–H groups in total. The highest BCUT2D eigenvalue weighted by Gasteiger charge is 2.34. The van der Waals surface area contributed by atoms with Crippen LogP contribution in [0.3, 0.4) is 0 Å². The van der Waals surface area contributed by atoms with Crippen LogP contribution in [0.5, 0.6) is 0 Å². The zero-order valence-corrected chi connectivity index (χ0v) is 9.82. The molecule has 1 atom stereocenters. The number of hydrogen-bond donors (Lipinski definition) is 1. The van der Waals surface area contributed by atoms with Gasteiger partial charge in [0.2, 0.25) is 0 Å². The van der Waals surface area contributed by atoms with E-state index in [1.54, 1.807) is 0 Å². The number of aromatic nitrogens is 3. The second kappa shape index (κ2) is 3.93. The molecule has 4 heteroatoms. The summed E-state index contributed by atoms with van der Waals surface area (Å²) in [5.74, 6) is 0. The molecule has 2 rings (SSSR count). The Morgan fingerprint density at radius 1 is 1.60 bits per heavy atom. The van der Waals surface area contributed by atoms with Gasteiger partial charge in [0, 0.05) is 12.7 Å². The minimum atomic E-state index is 0.261. The van der Waals surface area contributed by atoms with Crippen LogP contribution in [-0.4, -0.2) is 28.1 Å². The van der Waals surface area contributed by atoms with E-state index in [9.17, 15) is 0 Å². The molecular weight excluding hydrogens is 188 g/mol. The third kappa shape index (κ3) is 2.04. The van der Waals surface area contributed by atoms with Crippen LogP contribution in [0.2, 0.25) is 0 Å². The molecule has 15 heavy (non-hydrogen) atoms. The molecular formula is C11H20N4. The van der Waals surface area contributed by atoms with Gasteiger partial charge in [-0.3, -0.25) is 0 Å². The first-order valence-corrected chi connectivity index (χ1v) is 5.75. The molecule has 0 radical (unpaired) electrons. The van der Waals surface area contributed by atoms with Crippen molar-refractivity contribution in [2.45, 2.75) is 39.7 Å². The average Bonchev–Trinajstić information content (AvgIpc) is 2.65. The van der Waals surface area contributed by atoms with Crippen LogP contribution in [0, 0.1) is 5.41 Å². The molecule has 0 aromatic carbocycles.